The molecule has 1 atom stereocenters. The van der Waals surface area contributed by atoms with Gasteiger partial charge in [-0.05, 0) is 25.1 Å². The number of rotatable bonds is 4. The number of carbonyl (C=O) groups is 1. The summed E-state index contributed by atoms with van der Waals surface area (Å²) in [7, 11) is 0. The highest BCUT2D eigenvalue weighted by Gasteiger charge is 2.16. The first-order valence-electron chi connectivity index (χ1n) is 5.97. The molecule has 2 aromatic rings. The minimum Gasteiger partial charge on any atom is -0.483 e. The van der Waals surface area contributed by atoms with E-state index in [1.165, 1.54) is 0 Å². The van der Waals surface area contributed by atoms with Gasteiger partial charge in [-0.2, -0.15) is 5.26 Å². The first-order valence-corrected chi connectivity index (χ1v) is 5.97. The molecule has 1 unspecified atom stereocenters. The van der Waals surface area contributed by atoms with Crippen LogP contribution in [0.1, 0.15) is 22.8 Å². The van der Waals surface area contributed by atoms with Gasteiger partial charge in [-0.25, -0.2) is 0 Å². The van der Waals surface area contributed by atoms with Gasteiger partial charge in [-0.1, -0.05) is 36.4 Å². The Kier molecular flexibility index (Phi) is 3.94. The van der Waals surface area contributed by atoms with E-state index in [4.69, 9.17) is 10.00 Å². The molecule has 0 spiro atoms. The van der Waals surface area contributed by atoms with Gasteiger partial charge in [0.25, 0.3) is 0 Å². The van der Waals surface area contributed by atoms with Crippen LogP contribution >= 0.6 is 0 Å². The molecule has 19 heavy (non-hydrogen) atoms. The molecule has 0 radical (unpaired) electrons. The molecule has 0 aliphatic carbocycles. The van der Waals surface area contributed by atoms with Gasteiger partial charge < -0.3 is 4.74 Å². The second-order valence-electron chi connectivity index (χ2n) is 4.13. The van der Waals surface area contributed by atoms with Crippen molar-refractivity contribution in [3.05, 3.63) is 65.7 Å². The molecule has 0 bridgehead atoms. The Morgan fingerprint density at radius 3 is 2.58 bits per heavy atom. The highest BCUT2D eigenvalue weighted by molar-refractivity contribution is 5.99. The summed E-state index contributed by atoms with van der Waals surface area (Å²) in [5.74, 6) is 0.443. The third kappa shape index (κ3) is 3.20. The van der Waals surface area contributed by atoms with E-state index in [0.717, 1.165) is 0 Å². The summed E-state index contributed by atoms with van der Waals surface area (Å²) in [5.41, 5.74) is 1.13. The van der Waals surface area contributed by atoms with Crippen molar-refractivity contribution < 1.29 is 9.53 Å². The number of nitriles is 1. The van der Waals surface area contributed by atoms with Crippen molar-refractivity contribution in [1.82, 2.24) is 0 Å². The zero-order valence-corrected chi connectivity index (χ0v) is 10.5. The molecule has 0 heterocycles. The Morgan fingerprint density at radius 2 is 1.89 bits per heavy atom. The topological polar surface area (TPSA) is 50.1 Å². The smallest absolute Gasteiger partial charge is 0.202 e. The van der Waals surface area contributed by atoms with Crippen LogP contribution in [0.2, 0.25) is 0 Å². The van der Waals surface area contributed by atoms with Crippen molar-refractivity contribution in [3.63, 3.8) is 0 Å². The maximum absolute atomic E-state index is 12.1. The molecule has 0 aromatic heterocycles. The lowest BCUT2D eigenvalue weighted by Crippen LogP contribution is -2.23. The number of Topliss-reactive ketones (excluding diaryl/α,β-unsaturated/α-hetero) is 1. The second kappa shape index (κ2) is 5.83. The Bertz CT molecular complexity index is 614. The number of ketones is 1. The highest BCUT2D eigenvalue weighted by Crippen LogP contribution is 2.16. The third-order valence-corrected chi connectivity index (χ3v) is 2.70. The first-order chi connectivity index (χ1) is 9.20. The summed E-state index contributed by atoms with van der Waals surface area (Å²) in [4.78, 5) is 12.1. The number of hydrogen-bond acceptors (Lipinski definition) is 3. The van der Waals surface area contributed by atoms with Crippen LogP contribution in [0.5, 0.6) is 5.75 Å². The number of nitrogens with zero attached hydrogens (tertiary/aromatic N) is 1. The van der Waals surface area contributed by atoms with Crippen molar-refractivity contribution in [2.75, 3.05) is 0 Å². The van der Waals surface area contributed by atoms with Crippen molar-refractivity contribution in [2.24, 2.45) is 0 Å². The Morgan fingerprint density at radius 1 is 1.16 bits per heavy atom. The van der Waals surface area contributed by atoms with Crippen LogP contribution in [-0.4, -0.2) is 11.9 Å². The molecule has 0 N–H and O–H groups in total. The molecular formula is C16H13NO2. The van der Waals surface area contributed by atoms with E-state index in [1.54, 1.807) is 43.3 Å². The number of ether oxygens (including phenoxy) is 1. The minimum atomic E-state index is -0.587. The van der Waals surface area contributed by atoms with Crippen molar-refractivity contribution in [2.45, 2.75) is 13.0 Å². The van der Waals surface area contributed by atoms with E-state index < -0.39 is 6.10 Å². The lowest BCUT2D eigenvalue weighted by atomic mass is 10.1. The lowest BCUT2D eigenvalue weighted by molar-refractivity contribution is 0.0818. The van der Waals surface area contributed by atoms with Crippen LogP contribution < -0.4 is 4.74 Å². The van der Waals surface area contributed by atoms with Gasteiger partial charge in [-0.3, -0.25) is 4.79 Å². The van der Waals surface area contributed by atoms with Gasteiger partial charge in [0.15, 0.2) is 6.10 Å². The first kappa shape index (κ1) is 12.8. The van der Waals surface area contributed by atoms with Gasteiger partial charge >= 0.3 is 0 Å². The predicted octanol–water partition coefficient (Wildman–Crippen LogP) is 3.21. The predicted molar refractivity (Wildman–Crippen MR) is 72.0 cm³/mol. The number of carbonyl (C=O) groups excluding carboxylic acids is 1. The molecule has 2 aromatic carbocycles. The largest absolute Gasteiger partial charge is 0.483 e. The summed E-state index contributed by atoms with van der Waals surface area (Å²) < 4.78 is 5.57. The fourth-order valence-corrected chi connectivity index (χ4v) is 1.73. The fourth-order valence-electron chi connectivity index (χ4n) is 1.73. The summed E-state index contributed by atoms with van der Waals surface area (Å²) >= 11 is 0. The molecule has 94 valence electrons. The Hall–Kier alpha value is -2.60. The zero-order chi connectivity index (χ0) is 13.7. The number of hydrogen-bond donors (Lipinski definition) is 0. The zero-order valence-electron chi connectivity index (χ0n) is 10.5. The number of benzene rings is 2. The van der Waals surface area contributed by atoms with Gasteiger partial charge in [0.1, 0.15) is 5.75 Å². The van der Waals surface area contributed by atoms with Gasteiger partial charge in [0.05, 0.1) is 11.6 Å². The van der Waals surface area contributed by atoms with Crippen LogP contribution in [-0.2, 0) is 0 Å². The van der Waals surface area contributed by atoms with Gasteiger partial charge in [-0.15, -0.1) is 0 Å². The van der Waals surface area contributed by atoms with Crippen LogP contribution in [0, 0.1) is 11.3 Å². The third-order valence-electron chi connectivity index (χ3n) is 2.70. The molecule has 3 nitrogen and oxygen atoms in total. The molecule has 3 heteroatoms. The second-order valence-corrected chi connectivity index (χ2v) is 4.13. The lowest BCUT2D eigenvalue weighted by Gasteiger charge is -2.13. The normalized spacial score (nSPS) is 11.4. The summed E-state index contributed by atoms with van der Waals surface area (Å²) in [6.45, 7) is 1.70. The molecular weight excluding hydrogens is 238 g/mol. The molecule has 0 amide bonds. The van der Waals surface area contributed by atoms with Crippen LogP contribution in [0.15, 0.2) is 54.6 Å². The minimum absolute atomic E-state index is 0.0806. The van der Waals surface area contributed by atoms with Crippen LogP contribution in [0.3, 0.4) is 0 Å². The highest BCUT2D eigenvalue weighted by atomic mass is 16.5. The van der Waals surface area contributed by atoms with E-state index in [-0.39, 0.29) is 5.78 Å². The standard InChI is InChI=1S/C16H13NO2/c1-12(16(18)14-7-3-2-4-8-14)19-15-9-5-6-13(10-15)11-17/h2-10,12H,1H3. The Labute approximate surface area is 112 Å². The molecule has 0 aliphatic rings. The SMILES string of the molecule is CC(Oc1cccc(C#N)c1)C(=O)c1ccccc1. The van der Waals surface area contributed by atoms with E-state index >= 15 is 0 Å². The molecule has 0 saturated heterocycles. The monoisotopic (exact) mass is 251 g/mol. The molecule has 0 fully saturated rings. The van der Waals surface area contributed by atoms with Crippen LogP contribution in [0.25, 0.3) is 0 Å². The summed E-state index contributed by atoms with van der Waals surface area (Å²) in [6.07, 6.45) is -0.587. The van der Waals surface area contributed by atoms with E-state index in [9.17, 15) is 4.79 Å². The summed E-state index contributed by atoms with van der Waals surface area (Å²) in [5, 5.41) is 8.81. The van der Waals surface area contributed by atoms with Crippen molar-refractivity contribution in [1.29, 1.82) is 5.26 Å². The summed E-state index contributed by atoms with van der Waals surface area (Å²) in [6, 6.07) is 17.8. The quantitative estimate of drug-likeness (QED) is 0.784. The van der Waals surface area contributed by atoms with Crippen LogP contribution in [0.4, 0.5) is 0 Å². The van der Waals surface area contributed by atoms with Crippen molar-refractivity contribution >= 4 is 5.78 Å². The van der Waals surface area contributed by atoms with Gasteiger partial charge in [0.2, 0.25) is 5.78 Å². The molecule has 0 saturated carbocycles. The van der Waals surface area contributed by atoms with E-state index in [2.05, 4.69) is 0 Å². The maximum atomic E-state index is 12.1. The fraction of sp³-hybridized carbons (Fsp3) is 0.125. The molecule has 0 aliphatic heterocycles. The molecule has 2 rings (SSSR count). The average molecular weight is 251 g/mol. The van der Waals surface area contributed by atoms with E-state index in [1.807, 2.05) is 24.3 Å². The van der Waals surface area contributed by atoms with E-state index in [0.29, 0.717) is 16.9 Å². The maximum Gasteiger partial charge on any atom is 0.202 e. The van der Waals surface area contributed by atoms with Crippen molar-refractivity contribution in [3.8, 4) is 11.8 Å². The Balaban J connectivity index is 2.11. The average Bonchev–Trinajstić information content (AvgIpc) is 2.47. The van der Waals surface area contributed by atoms with Gasteiger partial charge in [0, 0.05) is 5.56 Å².